The molecule has 0 spiro atoms. The summed E-state index contributed by atoms with van der Waals surface area (Å²) >= 11 is 6.42. The van der Waals surface area contributed by atoms with Gasteiger partial charge in [-0.2, -0.15) is 0 Å². The highest BCUT2D eigenvalue weighted by Crippen LogP contribution is 2.29. The summed E-state index contributed by atoms with van der Waals surface area (Å²) in [6.45, 7) is 3.61. The third-order valence-corrected chi connectivity index (χ3v) is 5.71. The lowest BCUT2D eigenvalue weighted by Gasteiger charge is -2.36. The fraction of sp³-hybridized carbons (Fsp3) is 0.261. The second-order valence-electron chi connectivity index (χ2n) is 7.31. The highest BCUT2D eigenvalue weighted by atomic mass is 35.5. The minimum absolute atomic E-state index is 0.395. The molecule has 3 aromatic rings. The third kappa shape index (κ3) is 4.62. The number of carbonyl (C=O) groups is 1. The first-order valence-corrected chi connectivity index (χ1v) is 10.5. The molecule has 160 valence electrons. The molecule has 0 aliphatic carbocycles. The summed E-state index contributed by atoms with van der Waals surface area (Å²) < 4.78 is 4.75. The zero-order valence-corrected chi connectivity index (χ0v) is 18.0. The predicted octanol–water partition coefficient (Wildman–Crippen LogP) is 3.37. The number of piperazine rings is 1. The van der Waals surface area contributed by atoms with Crippen LogP contribution in [0.15, 0.2) is 54.9 Å². The number of ether oxygens (including phenoxy) is 1. The van der Waals surface area contributed by atoms with Gasteiger partial charge < -0.3 is 20.3 Å². The number of hydrogen-bond donors (Lipinski definition) is 1. The minimum Gasteiger partial charge on any atom is -0.465 e. The Balaban J connectivity index is 1.41. The van der Waals surface area contributed by atoms with Gasteiger partial charge in [-0.3, -0.25) is 0 Å². The van der Waals surface area contributed by atoms with Crippen molar-refractivity contribution in [1.29, 1.82) is 0 Å². The van der Waals surface area contributed by atoms with E-state index in [0.29, 0.717) is 23.1 Å². The smallest absolute Gasteiger partial charge is 0.337 e. The number of methoxy groups -OCH3 is 1. The van der Waals surface area contributed by atoms with Crippen molar-refractivity contribution < 1.29 is 9.53 Å². The summed E-state index contributed by atoms with van der Waals surface area (Å²) in [5.41, 5.74) is 10.2. The van der Waals surface area contributed by atoms with Gasteiger partial charge in [-0.05, 0) is 35.4 Å². The SMILES string of the molecule is COC(=O)c1ccc(N2CCN(c3ncc(-c4cccc(CN)c4)cn3)CC2)c(Cl)c1. The standard InChI is InChI=1S/C23H24ClN5O2/c1-31-22(30)18-5-6-21(20(24)12-18)28-7-9-29(10-8-28)23-26-14-19(15-27-23)17-4-2-3-16(11-17)13-25/h2-6,11-12,14-15H,7-10,13,25H2,1H3. The largest absolute Gasteiger partial charge is 0.465 e. The van der Waals surface area contributed by atoms with Crippen molar-refractivity contribution in [2.24, 2.45) is 5.73 Å². The summed E-state index contributed by atoms with van der Waals surface area (Å²) in [4.78, 5) is 25.2. The average molecular weight is 438 g/mol. The van der Waals surface area contributed by atoms with Crippen LogP contribution in [0.5, 0.6) is 0 Å². The topological polar surface area (TPSA) is 84.6 Å². The van der Waals surface area contributed by atoms with Crippen LogP contribution in [-0.4, -0.2) is 49.2 Å². The Labute approximate surface area is 186 Å². The molecule has 1 aliphatic rings. The number of anilines is 2. The number of rotatable bonds is 5. The highest BCUT2D eigenvalue weighted by Gasteiger charge is 2.21. The van der Waals surface area contributed by atoms with Crippen molar-refractivity contribution in [2.75, 3.05) is 43.1 Å². The van der Waals surface area contributed by atoms with E-state index in [9.17, 15) is 4.79 Å². The maximum Gasteiger partial charge on any atom is 0.337 e. The van der Waals surface area contributed by atoms with Crippen molar-refractivity contribution in [1.82, 2.24) is 9.97 Å². The van der Waals surface area contributed by atoms with Gasteiger partial charge in [0.2, 0.25) is 5.95 Å². The lowest BCUT2D eigenvalue weighted by atomic mass is 10.1. The van der Waals surface area contributed by atoms with Gasteiger partial charge in [-0.15, -0.1) is 0 Å². The Morgan fingerprint density at radius 3 is 2.39 bits per heavy atom. The zero-order chi connectivity index (χ0) is 21.8. The third-order valence-electron chi connectivity index (χ3n) is 5.41. The monoisotopic (exact) mass is 437 g/mol. The predicted molar refractivity (Wildman–Crippen MR) is 123 cm³/mol. The second-order valence-corrected chi connectivity index (χ2v) is 7.72. The van der Waals surface area contributed by atoms with Crippen LogP contribution in [0.1, 0.15) is 15.9 Å². The van der Waals surface area contributed by atoms with Crippen LogP contribution in [0.3, 0.4) is 0 Å². The molecule has 1 saturated heterocycles. The van der Waals surface area contributed by atoms with E-state index in [1.807, 2.05) is 36.7 Å². The first-order chi connectivity index (χ1) is 15.1. The van der Waals surface area contributed by atoms with Crippen LogP contribution in [0.2, 0.25) is 5.02 Å². The number of benzene rings is 2. The summed E-state index contributed by atoms with van der Waals surface area (Å²) in [5.74, 6) is 0.319. The van der Waals surface area contributed by atoms with Crippen LogP contribution in [0, 0.1) is 0 Å². The van der Waals surface area contributed by atoms with E-state index in [-0.39, 0.29) is 0 Å². The highest BCUT2D eigenvalue weighted by molar-refractivity contribution is 6.33. The van der Waals surface area contributed by atoms with Crippen molar-refractivity contribution in [2.45, 2.75) is 6.54 Å². The van der Waals surface area contributed by atoms with Gasteiger partial charge in [0.1, 0.15) is 0 Å². The van der Waals surface area contributed by atoms with Gasteiger partial charge >= 0.3 is 5.97 Å². The lowest BCUT2D eigenvalue weighted by Crippen LogP contribution is -2.47. The first kappa shape index (κ1) is 21.1. The Morgan fingerprint density at radius 1 is 1.03 bits per heavy atom. The molecule has 0 saturated carbocycles. The van der Waals surface area contributed by atoms with E-state index < -0.39 is 5.97 Å². The fourth-order valence-electron chi connectivity index (χ4n) is 3.67. The van der Waals surface area contributed by atoms with E-state index in [4.69, 9.17) is 22.1 Å². The van der Waals surface area contributed by atoms with Gasteiger partial charge in [-0.1, -0.05) is 29.8 Å². The van der Waals surface area contributed by atoms with E-state index in [1.165, 1.54) is 7.11 Å². The molecule has 0 amide bonds. The van der Waals surface area contributed by atoms with E-state index >= 15 is 0 Å². The number of carbonyl (C=O) groups excluding carboxylic acids is 1. The molecular weight excluding hydrogens is 414 g/mol. The Bertz CT molecular complexity index is 1070. The molecule has 1 aliphatic heterocycles. The molecule has 1 fully saturated rings. The van der Waals surface area contributed by atoms with Gasteiger partial charge in [-0.25, -0.2) is 14.8 Å². The summed E-state index contributed by atoms with van der Waals surface area (Å²) in [6, 6.07) is 13.3. The van der Waals surface area contributed by atoms with Crippen LogP contribution in [-0.2, 0) is 11.3 Å². The van der Waals surface area contributed by atoms with Crippen LogP contribution in [0.25, 0.3) is 11.1 Å². The fourth-order valence-corrected chi connectivity index (χ4v) is 3.97. The van der Waals surface area contributed by atoms with Gasteiger partial charge in [0.05, 0.1) is 23.4 Å². The second kappa shape index (κ2) is 9.32. The van der Waals surface area contributed by atoms with E-state index in [1.54, 1.807) is 12.1 Å². The van der Waals surface area contributed by atoms with Gasteiger partial charge in [0, 0.05) is 50.7 Å². The Kier molecular flexibility index (Phi) is 6.34. The Morgan fingerprint density at radius 2 is 1.74 bits per heavy atom. The van der Waals surface area contributed by atoms with E-state index in [0.717, 1.165) is 48.6 Å². The summed E-state index contributed by atoms with van der Waals surface area (Å²) in [6.07, 6.45) is 3.71. The molecule has 2 N–H and O–H groups in total. The first-order valence-electron chi connectivity index (χ1n) is 10.1. The molecule has 1 aromatic heterocycles. The molecule has 0 bridgehead atoms. The van der Waals surface area contributed by atoms with Crippen LogP contribution < -0.4 is 15.5 Å². The van der Waals surface area contributed by atoms with Crippen molar-refractivity contribution in [3.05, 3.63) is 71.0 Å². The Hall–Kier alpha value is -3.16. The van der Waals surface area contributed by atoms with E-state index in [2.05, 4.69) is 25.8 Å². The van der Waals surface area contributed by atoms with Gasteiger partial charge in [0.25, 0.3) is 0 Å². The average Bonchev–Trinajstić information content (AvgIpc) is 2.84. The van der Waals surface area contributed by atoms with Crippen LogP contribution >= 0.6 is 11.6 Å². The van der Waals surface area contributed by atoms with Crippen LogP contribution in [0.4, 0.5) is 11.6 Å². The molecule has 7 nitrogen and oxygen atoms in total. The number of nitrogens with two attached hydrogens (primary N) is 1. The number of aromatic nitrogens is 2. The molecule has 4 rings (SSSR count). The number of nitrogens with zero attached hydrogens (tertiary/aromatic N) is 4. The van der Waals surface area contributed by atoms with Crippen molar-refractivity contribution in [3.63, 3.8) is 0 Å². The molecule has 0 radical (unpaired) electrons. The quantitative estimate of drug-likeness (QED) is 0.612. The maximum atomic E-state index is 11.7. The summed E-state index contributed by atoms with van der Waals surface area (Å²) in [7, 11) is 1.36. The molecule has 2 heterocycles. The molecular formula is C23H24ClN5O2. The molecule has 31 heavy (non-hydrogen) atoms. The van der Waals surface area contributed by atoms with Crippen molar-refractivity contribution >= 4 is 29.2 Å². The number of halogens is 1. The maximum absolute atomic E-state index is 11.7. The number of esters is 1. The van der Waals surface area contributed by atoms with Gasteiger partial charge in [0.15, 0.2) is 0 Å². The molecule has 8 heteroatoms. The molecule has 0 unspecified atom stereocenters. The molecule has 0 atom stereocenters. The normalized spacial score (nSPS) is 13.9. The molecule has 2 aromatic carbocycles. The minimum atomic E-state index is -0.395. The zero-order valence-electron chi connectivity index (χ0n) is 17.3. The number of hydrogen-bond acceptors (Lipinski definition) is 7. The summed E-state index contributed by atoms with van der Waals surface area (Å²) in [5, 5.41) is 0.539. The lowest BCUT2D eigenvalue weighted by molar-refractivity contribution is 0.0600. The van der Waals surface area contributed by atoms with Crippen molar-refractivity contribution in [3.8, 4) is 11.1 Å².